The Morgan fingerprint density at radius 2 is 2.30 bits per heavy atom. The van der Waals surface area contributed by atoms with Gasteiger partial charge in [0, 0.05) is 42.9 Å². The lowest BCUT2D eigenvalue weighted by Gasteiger charge is -2.28. The molecule has 2 heterocycles. The second-order valence-corrected chi connectivity index (χ2v) is 7.25. The van der Waals surface area contributed by atoms with Crippen molar-refractivity contribution in [1.82, 2.24) is 20.2 Å². The zero-order chi connectivity index (χ0) is 19.4. The second-order valence-electron chi connectivity index (χ2n) is 6.82. The van der Waals surface area contributed by atoms with Gasteiger partial charge >= 0.3 is 6.03 Å². The third-order valence-corrected chi connectivity index (χ3v) is 4.81. The summed E-state index contributed by atoms with van der Waals surface area (Å²) in [5, 5.41) is 12.3. The van der Waals surface area contributed by atoms with Crippen LogP contribution >= 0.6 is 11.6 Å². The number of fused-ring (bicyclic) bond motifs is 1. The molecule has 3 rings (SSSR count). The van der Waals surface area contributed by atoms with E-state index in [2.05, 4.69) is 15.3 Å². The largest absolute Gasteiger partial charge is 0.396 e. The summed E-state index contributed by atoms with van der Waals surface area (Å²) in [5.41, 5.74) is 2.24. The number of urea groups is 1. The highest BCUT2D eigenvalue weighted by Gasteiger charge is 2.22. The van der Waals surface area contributed by atoms with E-state index >= 15 is 0 Å². The number of halogens is 2. The molecule has 1 atom stereocenters. The van der Waals surface area contributed by atoms with Crippen LogP contribution in [0, 0.1) is 11.7 Å². The van der Waals surface area contributed by atoms with Gasteiger partial charge in [-0.3, -0.25) is 0 Å². The first-order chi connectivity index (χ1) is 13.0. The van der Waals surface area contributed by atoms with Gasteiger partial charge in [-0.05, 0) is 30.0 Å². The number of aromatic nitrogens is 2. The van der Waals surface area contributed by atoms with Gasteiger partial charge in [-0.15, -0.1) is 0 Å². The lowest BCUT2D eigenvalue weighted by Crippen LogP contribution is -2.43. The number of carbonyl (C=O) groups is 1. The van der Waals surface area contributed by atoms with Crippen molar-refractivity contribution in [3.8, 4) is 0 Å². The molecule has 0 aliphatic carbocycles. The maximum atomic E-state index is 13.8. The number of aliphatic hydroxyl groups excluding tert-OH is 1. The number of aliphatic hydroxyl groups is 1. The number of hydrogen-bond donors (Lipinski definition) is 2. The van der Waals surface area contributed by atoms with Crippen molar-refractivity contribution in [1.29, 1.82) is 0 Å². The Morgan fingerprint density at radius 1 is 1.48 bits per heavy atom. The highest BCUT2D eigenvalue weighted by atomic mass is 35.5. The summed E-state index contributed by atoms with van der Waals surface area (Å²) in [6.07, 6.45) is 3.07. The van der Waals surface area contributed by atoms with E-state index in [0.29, 0.717) is 42.3 Å². The predicted octanol–water partition coefficient (Wildman–Crippen LogP) is 2.71. The van der Waals surface area contributed by atoms with E-state index in [1.165, 1.54) is 6.07 Å². The van der Waals surface area contributed by atoms with E-state index in [4.69, 9.17) is 11.6 Å². The van der Waals surface area contributed by atoms with E-state index in [-0.39, 0.29) is 25.1 Å². The fourth-order valence-electron chi connectivity index (χ4n) is 2.94. The average Bonchev–Trinajstić information content (AvgIpc) is 2.66. The Morgan fingerprint density at radius 3 is 3.04 bits per heavy atom. The third-order valence-electron chi connectivity index (χ3n) is 4.57. The molecule has 0 unspecified atom stereocenters. The first-order valence-electron chi connectivity index (χ1n) is 8.87. The van der Waals surface area contributed by atoms with Crippen LogP contribution in [0.25, 0.3) is 0 Å². The molecule has 1 aliphatic heterocycles. The minimum atomic E-state index is -0.442. The van der Waals surface area contributed by atoms with Crippen LogP contribution in [-0.4, -0.2) is 39.2 Å². The van der Waals surface area contributed by atoms with Crippen molar-refractivity contribution in [3.63, 3.8) is 0 Å². The smallest absolute Gasteiger partial charge is 0.318 e. The molecule has 0 radical (unpaired) electrons. The lowest BCUT2D eigenvalue weighted by atomic mass is 10.1. The summed E-state index contributed by atoms with van der Waals surface area (Å²) in [4.78, 5) is 23.0. The Kier molecular flexibility index (Phi) is 6.23. The topological polar surface area (TPSA) is 78.4 Å². The van der Waals surface area contributed by atoms with Crippen LogP contribution in [0.5, 0.6) is 0 Å². The van der Waals surface area contributed by atoms with Gasteiger partial charge in [-0.2, -0.15) is 0 Å². The van der Waals surface area contributed by atoms with E-state index in [1.807, 2.05) is 6.92 Å². The molecule has 0 saturated heterocycles. The Balaban J connectivity index is 1.62. The summed E-state index contributed by atoms with van der Waals surface area (Å²) < 4.78 is 13.8. The maximum Gasteiger partial charge on any atom is 0.318 e. The highest BCUT2D eigenvalue weighted by Crippen LogP contribution is 2.18. The van der Waals surface area contributed by atoms with E-state index < -0.39 is 5.82 Å². The molecule has 27 heavy (non-hydrogen) atoms. The number of hydrogen-bond acceptors (Lipinski definition) is 4. The molecule has 1 aromatic heterocycles. The second kappa shape index (κ2) is 8.63. The summed E-state index contributed by atoms with van der Waals surface area (Å²) in [6, 6.07) is 4.12. The fourth-order valence-corrected chi connectivity index (χ4v) is 3.10. The van der Waals surface area contributed by atoms with Crippen molar-refractivity contribution in [2.24, 2.45) is 5.92 Å². The molecule has 0 fully saturated rings. The zero-order valence-electron chi connectivity index (χ0n) is 15.1. The monoisotopic (exact) mass is 392 g/mol. The molecule has 8 heteroatoms. The van der Waals surface area contributed by atoms with E-state index in [0.717, 1.165) is 11.3 Å². The normalized spacial score (nSPS) is 14.6. The van der Waals surface area contributed by atoms with Crippen LogP contribution in [0.2, 0.25) is 5.02 Å². The molecule has 0 saturated carbocycles. The van der Waals surface area contributed by atoms with Crippen LogP contribution in [0.4, 0.5) is 9.18 Å². The molecule has 1 aromatic carbocycles. The van der Waals surface area contributed by atoms with Crippen molar-refractivity contribution < 1.29 is 14.3 Å². The Bertz CT molecular complexity index is 833. The molecular weight excluding hydrogens is 371 g/mol. The molecule has 6 nitrogen and oxygen atoms in total. The molecule has 1 aliphatic rings. The summed E-state index contributed by atoms with van der Waals surface area (Å²) in [6.45, 7) is 3.04. The molecule has 2 amide bonds. The minimum absolute atomic E-state index is 0.0796. The van der Waals surface area contributed by atoms with Crippen molar-refractivity contribution in [2.75, 3.05) is 13.2 Å². The number of amides is 2. The van der Waals surface area contributed by atoms with Crippen molar-refractivity contribution in [2.45, 2.75) is 32.9 Å². The SMILES string of the molecule is C[C@@H](CO)Cc1ncc2c(n1)CN(C(=O)NCc1ccc(Cl)cc1F)CC2. The zero-order valence-corrected chi connectivity index (χ0v) is 15.8. The first kappa shape index (κ1) is 19.5. The van der Waals surface area contributed by atoms with Crippen LogP contribution in [0.15, 0.2) is 24.4 Å². The van der Waals surface area contributed by atoms with Gasteiger partial charge in [0.2, 0.25) is 0 Å². The standard InChI is InChI=1S/C19H22ClFN4O2/c1-12(11-26)6-18-22-9-14-4-5-25(10-17(14)24-18)19(27)23-8-13-2-3-15(20)7-16(13)21/h2-3,7,9,12,26H,4-6,8,10-11H2,1H3,(H,23,27)/t12-/m1/s1. The van der Waals surface area contributed by atoms with Gasteiger partial charge in [-0.25, -0.2) is 19.2 Å². The summed E-state index contributed by atoms with van der Waals surface area (Å²) in [7, 11) is 0. The van der Waals surface area contributed by atoms with Crippen LogP contribution < -0.4 is 5.32 Å². The Labute approximate surface area is 162 Å². The van der Waals surface area contributed by atoms with Gasteiger partial charge in [-0.1, -0.05) is 24.6 Å². The summed E-state index contributed by atoms with van der Waals surface area (Å²) in [5.74, 6) is 0.309. The Hall–Kier alpha value is -2.25. The quantitative estimate of drug-likeness (QED) is 0.820. The fraction of sp³-hybridized carbons (Fsp3) is 0.421. The number of rotatable bonds is 5. The van der Waals surface area contributed by atoms with Crippen LogP contribution in [-0.2, 0) is 25.9 Å². The van der Waals surface area contributed by atoms with Crippen molar-refractivity contribution in [3.05, 3.63) is 57.9 Å². The van der Waals surface area contributed by atoms with Gasteiger partial charge in [0.05, 0.1) is 12.2 Å². The molecule has 144 valence electrons. The third kappa shape index (κ3) is 4.93. The van der Waals surface area contributed by atoms with E-state index in [9.17, 15) is 14.3 Å². The first-order valence-corrected chi connectivity index (χ1v) is 9.25. The average molecular weight is 393 g/mol. The van der Waals surface area contributed by atoms with Gasteiger partial charge in [0.15, 0.2) is 0 Å². The highest BCUT2D eigenvalue weighted by molar-refractivity contribution is 6.30. The maximum absolute atomic E-state index is 13.8. The molecular formula is C19H22ClFN4O2. The van der Waals surface area contributed by atoms with Crippen LogP contribution in [0.1, 0.15) is 29.6 Å². The van der Waals surface area contributed by atoms with Gasteiger partial charge in [0.1, 0.15) is 11.6 Å². The molecule has 0 bridgehead atoms. The number of nitrogens with zero attached hydrogens (tertiary/aromatic N) is 3. The van der Waals surface area contributed by atoms with Crippen molar-refractivity contribution >= 4 is 17.6 Å². The van der Waals surface area contributed by atoms with E-state index in [1.54, 1.807) is 23.2 Å². The lowest BCUT2D eigenvalue weighted by molar-refractivity contribution is 0.190. The molecule has 2 N–H and O–H groups in total. The molecule has 2 aromatic rings. The number of benzene rings is 1. The minimum Gasteiger partial charge on any atom is -0.396 e. The summed E-state index contributed by atoms with van der Waals surface area (Å²) >= 11 is 5.74. The van der Waals surface area contributed by atoms with Gasteiger partial charge < -0.3 is 15.3 Å². The number of carbonyl (C=O) groups excluding carboxylic acids is 1. The predicted molar refractivity (Wildman–Crippen MR) is 99.7 cm³/mol. The van der Waals surface area contributed by atoms with Gasteiger partial charge in [0.25, 0.3) is 0 Å². The number of nitrogens with one attached hydrogen (secondary N) is 1. The van der Waals surface area contributed by atoms with Crippen LogP contribution in [0.3, 0.4) is 0 Å². The molecule has 0 spiro atoms.